The number of nitrogens with zero attached hydrogens (tertiary/aromatic N) is 4. The SMILES string of the molecule is CC(C)NCC(C)(C)Cc1nnn(C)n1. The number of hydrogen-bond acceptors (Lipinski definition) is 4. The van der Waals surface area contributed by atoms with Gasteiger partial charge in [-0.2, -0.15) is 4.80 Å². The van der Waals surface area contributed by atoms with Crippen LogP contribution in [0.4, 0.5) is 0 Å². The second-order valence-electron chi connectivity index (χ2n) is 5.07. The van der Waals surface area contributed by atoms with E-state index in [-0.39, 0.29) is 5.41 Å². The van der Waals surface area contributed by atoms with E-state index in [9.17, 15) is 0 Å². The molecule has 1 aromatic rings. The van der Waals surface area contributed by atoms with Gasteiger partial charge in [0, 0.05) is 19.0 Å². The van der Waals surface area contributed by atoms with Crippen molar-refractivity contribution in [1.29, 1.82) is 0 Å². The highest BCUT2D eigenvalue weighted by Gasteiger charge is 2.21. The van der Waals surface area contributed by atoms with E-state index in [1.807, 2.05) is 0 Å². The third kappa shape index (κ3) is 4.38. The van der Waals surface area contributed by atoms with Gasteiger partial charge in [0.15, 0.2) is 5.82 Å². The van der Waals surface area contributed by atoms with Crippen molar-refractivity contribution in [3.05, 3.63) is 5.82 Å². The molecule has 0 spiro atoms. The maximum Gasteiger partial charge on any atom is 0.175 e. The van der Waals surface area contributed by atoms with E-state index in [2.05, 4.69) is 48.4 Å². The number of nitrogens with one attached hydrogen (secondary N) is 1. The van der Waals surface area contributed by atoms with Crippen molar-refractivity contribution in [2.24, 2.45) is 12.5 Å². The Labute approximate surface area is 91.2 Å². The van der Waals surface area contributed by atoms with Crippen LogP contribution in [0.25, 0.3) is 0 Å². The number of rotatable bonds is 5. The fraction of sp³-hybridized carbons (Fsp3) is 0.900. The van der Waals surface area contributed by atoms with Crippen molar-refractivity contribution >= 4 is 0 Å². The number of hydrogen-bond donors (Lipinski definition) is 1. The highest BCUT2D eigenvalue weighted by Crippen LogP contribution is 2.18. The average molecular weight is 211 g/mol. The van der Waals surface area contributed by atoms with Gasteiger partial charge in [0.1, 0.15) is 0 Å². The molecule has 5 heteroatoms. The average Bonchev–Trinajstić information content (AvgIpc) is 2.47. The fourth-order valence-electron chi connectivity index (χ4n) is 1.37. The van der Waals surface area contributed by atoms with Crippen LogP contribution in [0, 0.1) is 5.41 Å². The Balaban J connectivity index is 2.48. The molecule has 0 aliphatic carbocycles. The topological polar surface area (TPSA) is 55.6 Å². The monoisotopic (exact) mass is 211 g/mol. The van der Waals surface area contributed by atoms with Crippen molar-refractivity contribution < 1.29 is 0 Å². The molecule has 5 nitrogen and oxygen atoms in total. The van der Waals surface area contributed by atoms with Gasteiger partial charge >= 0.3 is 0 Å². The fourth-order valence-corrected chi connectivity index (χ4v) is 1.37. The van der Waals surface area contributed by atoms with Crippen LogP contribution in [0.1, 0.15) is 33.5 Å². The normalized spacial score (nSPS) is 12.4. The summed E-state index contributed by atoms with van der Waals surface area (Å²) in [4.78, 5) is 1.50. The molecule has 1 aromatic heterocycles. The second kappa shape index (κ2) is 4.70. The van der Waals surface area contributed by atoms with Crippen LogP contribution in [0.3, 0.4) is 0 Å². The van der Waals surface area contributed by atoms with Gasteiger partial charge in [-0.05, 0) is 10.6 Å². The minimum absolute atomic E-state index is 0.160. The summed E-state index contributed by atoms with van der Waals surface area (Å²) in [7, 11) is 1.79. The van der Waals surface area contributed by atoms with Crippen LogP contribution in [0.15, 0.2) is 0 Å². The summed E-state index contributed by atoms with van der Waals surface area (Å²) < 4.78 is 0. The molecule has 0 aliphatic rings. The lowest BCUT2D eigenvalue weighted by molar-refractivity contribution is 0.319. The maximum absolute atomic E-state index is 4.19. The first-order valence-electron chi connectivity index (χ1n) is 5.35. The Kier molecular flexibility index (Phi) is 3.79. The summed E-state index contributed by atoms with van der Waals surface area (Å²) in [6.07, 6.45) is 0.848. The molecular formula is C10H21N5. The van der Waals surface area contributed by atoms with E-state index in [1.165, 1.54) is 4.80 Å². The predicted molar refractivity (Wildman–Crippen MR) is 59.4 cm³/mol. The van der Waals surface area contributed by atoms with Crippen molar-refractivity contribution in [2.45, 2.75) is 40.2 Å². The Hall–Kier alpha value is -0.970. The molecule has 0 bridgehead atoms. The van der Waals surface area contributed by atoms with E-state index < -0.39 is 0 Å². The number of aryl methyl sites for hydroxylation is 1. The van der Waals surface area contributed by atoms with E-state index >= 15 is 0 Å². The lowest BCUT2D eigenvalue weighted by Crippen LogP contribution is -2.35. The summed E-state index contributed by atoms with van der Waals surface area (Å²) in [5, 5.41) is 15.5. The molecule has 0 fully saturated rings. The number of aromatic nitrogens is 4. The lowest BCUT2D eigenvalue weighted by Gasteiger charge is -2.24. The molecule has 0 amide bonds. The summed E-state index contributed by atoms with van der Waals surface area (Å²) in [5.41, 5.74) is 0.160. The molecular weight excluding hydrogens is 190 g/mol. The third-order valence-electron chi connectivity index (χ3n) is 2.18. The molecule has 15 heavy (non-hydrogen) atoms. The lowest BCUT2D eigenvalue weighted by atomic mass is 9.89. The van der Waals surface area contributed by atoms with Gasteiger partial charge in [-0.15, -0.1) is 10.2 Å². The van der Waals surface area contributed by atoms with Crippen LogP contribution in [0.5, 0.6) is 0 Å². The van der Waals surface area contributed by atoms with Crippen LogP contribution >= 0.6 is 0 Å². The molecule has 0 unspecified atom stereocenters. The summed E-state index contributed by atoms with van der Waals surface area (Å²) in [6, 6.07) is 0.513. The molecule has 1 heterocycles. The zero-order chi connectivity index (χ0) is 11.5. The molecule has 0 radical (unpaired) electrons. The van der Waals surface area contributed by atoms with Gasteiger partial charge in [-0.1, -0.05) is 27.7 Å². The third-order valence-corrected chi connectivity index (χ3v) is 2.18. The molecule has 1 rings (SSSR count). The van der Waals surface area contributed by atoms with Gasteiger partial charge in [0.25, 0.3) is 0 Å². The molecule has 0 aliphatic heterocycles. The van der Waals surface area contributed by atoms with Gasteiger partial charge in [-0.25, -0.2) is 0 Å². The van der Waals surface area contributed by atoms with Crippen LogP contribution in [-0.4, -0.2) is 32.8 Å². The predicted octanol–water partition coefficient (Wildman–Crippen LogP) is 0.777. The smallest absolute Gasteiger partial charge is 0.175 e. The van der Waals surface area contributed by atoms with Gasteiger partial charge in [-0.3, -0.25) is 0 Å². The summed E-state index contributed by atoms with van der Waals surface area (Å²) >= 11 is 0. The molecule has 1 N–H and O–H groups in total. The second-order valence-corrected chi connectivity index (χ2v) is 5.07. The number of tetrazole rings is 1. The minimum Gasteiger partial charge on any atom is -0.314 e. The highest BCUT2D eigenvalue weighted by molar-refractivity contribution is 4.87. The Morgan fingerprint density at radius 1 is 1.40 bits per heavy atom. The van der Waals surface area contributed by atoms with E-state index in [0.29, 0.717) is 6.04 Å². The molecule has 0 saturated carbocycles. The van der Waals surface area contributed by atoms with Crippen LogP contribution in [0.2, 0.25) is 0 Å². The van der Waals surface area contributed by atoms with E-state index in [1.54, 1.807) is 7.05 Å². The summed E-state index contributed by atoms with van der Waals surface area (Å²) in [6.45, 7) is 9.67. The van der Waals surface area contributed by atoms with E-state index in [4.69, 9.17) is 0 Å². The van der Waals surface area contributed by atoms with E-state index in [0.717, 1.165) is 18.8 Å². The first-order chi connectivity index (χ1) is 6.89. The first-order valence-corrected chi connectivity index (χ1v) is 5.35. The molecule has 0 aromatic carbocycles. The van der Waals surface area contributed by atoms with Crippen molar-refractivity contribution in [3.8, 4) is 0 Å². The van der Waals surface area contributed by atoms with Crippen molar-refractivity contribution in [2.75, 3.05) is 6.54 Å². The Morgan fingerprint density at radius 3 is 2.53 bits per heavy atom. The summed E-state index contributed by atoms with van der Waals surface area (Å²) in [5.74, 6) is 0.813. The standard InChI is InChI=1S/C10H21N5/c1-8(2)11-7-10(3,4)6-9-12-14-15(5)13-9/h8,11H,6-7H2,1-5H3. The quantitative estimate of drug-likeness (QED) is 0.782. The highest BCUT2D eigenvalue weighted by atomic mass is 15.6. The first kappa shape index (κ1) is 12.1. The van der Waals surface area contributed by atoms with Crippen molar-refractivity contribution in [3.63, 3.8) is 0 Å². The largest absolute Gasteiger partial charge is 0.314 e. The Bertz CT molecular complexity index is 303. The Morgan fingerprint density at radius 2 is 2.07 bits per heavy atom. The van der Waals surface area contributed by atoms with Gasteiger partial charge in [0.2, 0.25) is 0 Å². The minimum atomic E-state index is 0.160. The van der Waals surface area contributed by atoms with Crippen molar-refractivity contribution in [1.82, 2.24) is 25.5 Å². The molecule has 86 valence electrons. The molecule has 0 atom stereocenters. The van der Waals surface area contributed by atoms with Gasteiger partial charge < -0.3 is 5.32 Å². The van der Waals surface area contributed by atoms with Crippen LogP contribution < -0.4 is 5.32 Å². The van der Waals surface area contributed by atoms with Gasteiger partial charge in [0.05, 0.1) is 7.05 Å². The van der Waals surface area contributed by atoms with Crippen LogP contribution in [-0.2, 0) is 13.5 Å². The molecule has 0 saturated heterocycles. The maximum atomic E-state index is 4.19. The zero-order valence-corrected chi connectivity index (χ0v) is 10.3. The zero-order valence-electron chi connectivity index (χ0n) is 10.3.